The van der Waals surface area contributed by atoms with Crippen molar-refractivity contribution in [2.45, 2.75) is 32.6 Å². The number of benzene rings is 2. The van der Waals surface area contributed by atoms with E-state index in [1.165, 1.54) is 12.1 Å². The van der Waals surface area contributed by atoms with Crippen LogP contribution in [0.3, 0.4) is 0 Å². The third-order valence-electron chi connectivity index (χ3n) is 3.85. The van der Waals surface area contributed by atoms with Crippen molar-refractivity contribution in [1.82, 2.24) is 0 Å². The lowest BCUT2D eigenvalue weighted by Gasteiger charge is -2.05. The molecule has 0 saturated carbocycles. The molecule has 2 aromatic carbocycles. The molecule has 0 fully saturated rings. The molecule has 0 aliphatic carbocycles. The van der Waals surface area contributed by atoms with Gasteiger partial charge in [0.1, 0.15) is 0 Å². The van der Waals surface area contributed by atoms with Gasteiger partial charge in [-0.3, -0.25) is 0 Å². The van der Waals surface area contributed by atoms with Crippen LogP contribution in [-0.2, 0) is 4.74 Å². The summed E-state index contributed by atoms with van der Waals surface area (Å²) in [5, 5.41) is 18.8. The van der Waals surface area contributed by atoms with Crippen LogP contribution in [0.1, 0.15) is 54.1 Å². The van der Waals surface area contributed by atoms with Crippen LogP contribution in [0.2, 0.25) is 0 Å². The van der Waals surface area contributed by atoms with Crippen LogP contribution < -0.4 is 0 Å². The highest BCUT2D eigenvalue weighted by atomic mass is 16.5. The Balaban J connectivity index is 1.89. The Morgan fingerprint density at radius 3 is 2.28 bits per heavy atom. The largest absolute Gasteiger partial charge is 0.504 e. The standard InChI is InChI=1S/C21H24O4/c1-2-3-4-5-14-25-21(24)18-11-8-16(9-12-18)6-7-17-10-13-19(22)20(23)15-17/h6-13,15,22-23H,2-5,14H2,1H3. The van der Waals surface area contributed by atoms with Gasteiger partial charge in [-0.05, 0) is 41.8 Å². The number of aromatic hydroxyl groups is 2. The minimum absolute atomic E-state index is 0.144. The summed E-state index contributed by atoms with van der Waals surface area (Å²) >= 11 is 0. The summed E-state index contributed by atoms with van der Waals surface area (Å²) in [6.45, 7) is 2.61. The first-order valence-electron chi connectivity index (χ1n) is 8.57. The molecular formula is C21H24O4. The van der Waals surface area contributed by atoms with E-state index in [4.69, 9.17) is 4.74 Å². The molecule has 0 aromatic heterocycles. The van der Waals surface area contributed by atoms with Gasteiger partial charge in [-0.15, -0.1) is 0 Å². The number of hydrogen-bond acceptors (Lipinski definition) is 4. The SMILES string of the molecule is CCCCCCOC(=O)c1ccc(C=Cc2ccc(O)c(O)c2)cc1. The van der Waals surface area contributed by atoms with Crippen molar-refractivity contribution in [2.75, 3.05) is 6.61 Å². The lowest BCUT2D eigenvalue weighted by Crippen LogP contribution is -2.06. The van der Waals surface area contributed by atoms with Crippen molar-refractivity contribution in [3.05, 3.63) is 59.2 Å². The molecule has 0 radical (unpaired) electrons. The van der Waals surface area contributed by atoms with Crippen LogP contribution in [0.4, 0.5) is 0 Å². The minimum Gasteiger partial charge on any atom is -0.504 e. The molecule has 4 heteroatoms. The Hall–Kier alpha value is -2.75. The fourth-order valence-corrected chi connectivity index (χ4v) is 2.34. The predicted octanol–water partition coefficient (Wildman–Crippen LogP) is 5.01. The van der Waals surface area contributed by atoms with E-state index < -0.39 is 0 Å². The smallest absolute Gasteiger partial charge is 0.338 e. The van der Waals surface area contributed by atoms with Gasteiger partial charge in [0, 0.05) is 0 Å². The highest BCUT2D eigenvalue weighted by molar-refractivity contribution is 5.89. The molecule has 0 aliphatic rings. The summed E-state index contributed by atoms with van der Waals surface area (Å²) in [5.74, 6) is -0.593. The second-order valence-corrected chi connectivity index (χ2v) is 5.90. The third-order valence-corrected chi connectivity index (χ3v) is 3.85. The van der Waals surface area contributed by atoms with Gasteiger partial charge in [0.2, 0.25) is 0 Å². The number of ether oxygens (including phenoxy) is 1. The molecule has 2 rings (SSSR count). The Kier molecular flexibility index (Phi) is 7.08. The summed E-state index contributed by atoms with van der Waals surface area (Å²) < 4.78 is 5.26. The molecular weight excluding hydrogens is 316 g/mol. The summed E-state index contributed by atoms with van der Waals surface area (Å²) in [6, 6.07) is 11.8. The maximum atomic E-state index is 11.9. The van der Waals surface area contributed by atoms with Crippen molar-refractivity contribution in [3.8, 4) is 11.5 Å². The average Bonchev–Trinajstić information content (AvgIpc) is 2.63. The van der Waals surface area contributed by atoms with Crippen molar-refractivity contribution in [2.24, 2.45) is 0 Å². The Morgan fingerprint density at radius 1 is 0.920 bits per heavy atom. The zero-order valence-corrected chi connectivity index (χ0v) is 14.4. The first-order chi connectivity index (χ1) is 12.1. The molecule has 25 heavy (non-hydrogen) atoms. The fraction of sp³-hybridized carbons (Fsp3) is 0.286. The molecule has 0 bridgehead atoms. The number of phenolic OH excluding ortho intramolecular Hbond substituents is 2. The van der Waals surface area contributed by atoms with Crippen molar-refractivity contribution in [1.29, 1.82) is 0 Å². The van der Waals surface area contributed by atoms with E-state index in [0.717, 1.165) is 36.8 Å². The van der Waals surface area contributed by atoms with E-state index in [2.05, 4.69) is 6.92 Å². The van der Waals surface area contributed by atoms with Gasteiger partial charge in [0.05, 0.1) is 12.2 Å². The molecule has 0 saturated heterocycles. The molecule has 4 nitrogen and oxygen atoms in total. The van der Waals surface area contributed by atoms with E-state index in [1.807, 2.05) is 24.3 Å². The number of unbranched alkanes of at least 4 members (excludes halogenated alkanes) is 3. The molecule has 0 heterocycles. The van der Waals surface area contributed by atoms with Gasteiger partial charge in [-0.1, -0.05) is 56.5 Å². The molecule has 2 N–H and O–H groups in total. The predicted molar refractivity (Wildman–Crippen MR) is 99.6 cm³/mol. The monoisotopic (exact) mass is 340 g/mol. The van der Waals surface area contributed by atoms with Gasteiger partial charge in [0.15, 0.2) is 11.5 Å². The second kappa shape index (κ2) is 9.52. The zero-order chi connectivity index (χ0) is 18.1. The molecule has 0 amide bonds. The minimum atomic E-state index is -0.296. The summed E-state index contributed by atoms with van der Waals surface area (Å²) in [5.41, 5.74) is 2.23. The Morgan fingerprint density at radius 2 is 1.60 bits per heavy atom. The van der Waals surface area contributed by atoms with Gasteiger partial charge < -0.3 is 14.9 Å². The number of carbonyl (C=O) groups is 1. The van der Waals surface area contributed by atoms with E-state index in [-0.39, 0.29) is 17.5 Å². The third kappa shape index (κ3) is 5.99. The van der Waals surface area contributed by atoms with Crippen molar-refractivity contribution >= 4 is 18.1 Å². The van der Waals surface area contributed by atoms with Crippen LogP contribution in [0.15, 0.2) is 42.5 Å². The molecule has 0 spiro atoms. The van der Waals surface area contributed by atoms with Crippen LogP contribution in [0.5, 0.6) is 11.5 Å². The van der Waals surface area contributed by atoms with E-state index >= 15 is 0 Å². The first kappa shape index (κ1) is 18.6. The quantitative estimate of drug-likeness (QED) is 0.307. The number of carbonyl (C=O) groups excluding carboxylic acids is 1. The lowest BCUT2D eigenvalue weighted by molar-refractivity contribution is 0.0498. The molecule has 0 unspecified atom stereocenters. The van der Waals surface area contributed by atoms with Crippen LogP contribution in [-0.4, -0.2) is 22.8 Å². The van der Waals surface area contributed by atoms with Gasteiger partial charge in [-0.25, -0.2) is 4.79 Å². The first-order valence-corrected chi connectivity index (χ1v) is 8.57. The number of rotatable bonds is 8. The molecule has 0 atom stereocenters. The van der Waals surface area contributed by atoms with Crippen LogP contribution in [0.25, 0.3) is 12.2 Å². The van der Waals surface area contributed by atoms with Gasteiger partial charge in [0.25, 0.3) is 0 Å². The highest BCUT2D eigenvalue weighted by Gasteiger charge is 2.06. The maximum absolute atomic E-state index is 11.9. The molecule has 2 aromatic rings. The lowest BCUT2D eigenvalue weighted by atomic mass is 10.1. The Labute approximate surface area is 148 Å². The topological polar surface area (TPSA) is 66.8 Å². The summed E-state index contributed by atoms with van der Waals surface area (Å²) in [7, 11) is 0. The summed E-state index contributed by atoms with van der Waals surface area (Å²) in [6.07, 6.45) is 8.00. The molecule has 0 aliphatic heterocycles. The van der Waals surface area contributed by atoms with E-state index in [9.17, 15) is 15.0 Å². The number of hydrogen-bond donors (Lipinski definition) is 2. The van der Waals surface area contributed by atoms with Crippen LogP contribution in [0, 0.1) is 0 Å². The van der Waals surface area contributed by atoms with Gasteiger partial charge >= 0.3 is 5.97 Å². The van der Waals surface area contributed by atoms with E-state index in [1.54, 1.807) is 18.2 Å². The van der Waals surface area contributed by atoms with Crippen molar-refractivity contribution < 1.29 is 19.7 Å². The summed E-state index contributed by atoms with van der Waals surface area (Å²) in [4.78, 5) is 11.9. The van der Waals surface area contributed by atoms with E-state index in [0.29, 0.717) is 12.2 Å². The number of phenols is 2. The van der Waals surface area contributed by atoms with Crippen LogP contribution >= 0.6 is 0 Å². The van der Waals surface area contributed by atoms with Gasteiger partial charge in [-0.2, -0.15) is 0 Å². The average molecular weight is 340 g/mol. The van der Waals surface area contributed by atoms with Crippen molar-refractivity contribution in [3.63, 3.8) is 0 Å². The Bertz CT molecular complexity index is 717. The molecule has 132 valence electrons. The maximum Gasteiger partial charge on any atom is 0.338 e. The zero-order valence-electron chi connectivity index (χ0n) is 14.4. The normalized spacial score (nSPS) is 10.9. The number of esters is 1. The highest BCUT2D eigenvalue weighted by Crippen LogP contribution is 2.25. The second-order valence-electron chi connectivity index (χ2n) is 5.90. The fourth-order valence-electron chi connectivity index (χ4n) is 2.34.